The van der Waals surface area contributed by atoms with Crippen LogP contribution in [0.3, 0.4) is 0 Å². The highest BCUT2D eigenvalue weighted by Gasteiger charge is 2.47. The smallest absolute Gasteiger partial charge is 0.300 e. The summed E-state index contributed by atoms with van der Waals surface area (Å²) in [6.45, 7) is 3.84. The van der Waals surface area contributed by atoms with Crippen molar-refractivity contribution in [3.05, 3.63) is 80.8 Å². The Morgan fingerprint density at radius 2 is 1.66 bits per heavy atom. The number of hydrogen-bond donors (Lipinski definition) is 2. The van der Waals surface area contributed by atoms with Crippen molar-refractivity contribution in [2.75, 3.05) is 25.7 Å². The molecule has 0 bridgehead atoms. The average Bonchev–Trinajstić information content (AvgIpc) is 3.16. The summed E-state index contributed by atoms with van der Waals surface area (Å²) in [5.41, 5.74) is 1.41. The van der Waals surface area contributed by atoms with Crippen LogP contribution in [0.4, 0.5) is 5.69 Å². The summed E-state index contributed by atoms with van der Waals surface area (Å²) in [6, 6.07) is 11.2. The van der Waals surface area contributed by atoms with Crippen LogP contribution < -0.4 is 19.1 Å². The molecule has 198 valence electrons. The molecule has 1 atom stereocenters. The number of aryl methyl sites for hydroxylation is 1. The molecule has 1 saturated heterocycles. The van der Waals surface area contributed by atoms with Crippen LogP contribution in [0.5, 0.6) is 23.0 Å². The van der Waals surface area contributed by atoms with Crippen LogP contribution in [0.2, 0.25) is 10.0 Å². The number of ketones is 1. The lowest BCUT2D eigenvalue weighted by Crippen LogP contribution is -2.29. The maximum absolute atomic E-state index is 13.5. The number of halogens is 2. The summed E-state index contributed by atoms with van der Waals surface area (Å²) in [5.74, 6) is -1.79. The molecule has 1 heterocycles. The van der Waals surface area contributed by atoms with E-state index in [-0.39, 0.29) is 40.0 Å². The minimum atomic E-state index is -1.10. The minimum absolute atomic E-state index is 0.0899. The quantitative estimate of drug-likeness (QED) is 0.207. The highest BCUT2D eigenvalue weighted by molar-refractivity contribution is 6.52. The van der Waals surface area contributed by atoms with Crippen molar-refractivity contribution in [1.82, 2.24) is 0 Å². The fraction of sp³-hybridized carbons (Fsp3) is 0.214. The Morgan fingerprint density at radius 3 is 2.29 bits per heavy atom. The van der Waals surface area contributed by atoms with Crippen molar-refractivity contribution in [2.24, 2.45) is 0 Å². The van der Waals surface area contributed by atoms with Crippen molar-refractivity contribution in [3.8, 4) is 23.0 Å². The zero-order chi connectivity index (χ0) is 27.7. The highest BCUT2D eigenvalue weighted by atomic mass is 35.5. The first kappa shape index (κ1) is 27.2. The second kappa shape index (κ2) is 10.8. The largest absolute Gasteiger partial charge is 0.507 e. The molecule has 1 amide bonds. The van der Waals surface area contributed by atoms with E-state index in [1.807, 2.05) is 6.92 Å². The lowest BCUT2D eigenvalue weighted by Gasteiger charge is -2.26. The van der Waals surface area contributed by atoms with Gasteiger partial charge in [0, 0.05) is 16.8 Å². The molecule has 0 spiro atoms. The van der Waals surface area contributed by atoms with Gasteiger partial charge in [-0.1, -0.05) is 35.3 Å². The number of aliphatic hydroxyl groups is 1. The van der Waals surface area contributed by atoms with Gasteiger partial charge in [0.1, 0.15) is 17.3 Å². The number of hydrogen-bond acceptors (Lipinski definition) is 7. The van der Waals surface area contributed by atoms with E-state index in [2.05, 4.69) is 0 Å². The van der Waals surface area contributed by atoms with E-state index in [1.54, 1.807) is 31.2 Å². The van der Waals surface area contributed by atoms with Crippen molar-refractivity contribution >= 4 is 46.3 Å². The van der Waals surface area contributed by atoms with Crippen LogP contribution in [0.1, 0.15) is 29.7 Å². The first-order valence-electron chi connectivity index (χ1n) is 11.6. The number of aliphatic hydroxyl groups excluding tert-OH is 1. The number of carbonyl (C=O) groups is 2. The summed E-state index contributed by atoms with van der Waals surface area (Å²) >= 11 is 12.7. The molecular formula is C28H25Cl2NO7. The molecule has 1 aliphatic heterocycles. The van der Waals surface area contributed by atoms with Crippen molar-refractivity contribution in [3.63, 3.8) is 0 Å². The van der Waals surface area contributed by atoms with Gasteiger partial charge >= 0.3 is 0 Å². The number of methoxy groups -OCH3 is 2. The summed E-state index contributed by atoms with van der Waals surface area (Å²) < 4.78 is 16.2. The first-order valence-corrected chi connectivity index (χ1v) is 12.3. The predicted octanol–water partition coefficient (Wildman–Crippen LogP) is 6.05. The number of nitrogens with zero attached hydrogens (tertiary/aromatic N) is 1. The number of ether oxygens (including phenoxy) is 3. The molecule has 2 N–H and O–H groups in total. The van der Waals surface area contributed by atoms with Crippen molar-refractivity contribution < 1.29 is 34.0 Å². The Kier molecular flexibility index (Phi) is 7.76. The number of phenols is 1. The van der Waals surface area contributed by atoms with Gasteiger partial charge in [-0.05, 0) is 55.3 Å². The number of anilines is 1. The van der Waals surface area contributed by atoms with Gasteiger partial charge in [-0.25, -0.2) is 0 Å². The van der Waals surface area contributed by atoms with Crippen molar-refractivity contribution in [1.29, 1.82) is 0 Å². The van der Waals surface area contributed by atoms with Gasteiger partial charge in [-0.3, -0.25) is 14.5 Å². The lowest BCUT2D eigenvalue weighted by molar-refractivity contribution is -0.132. The second-order valence-corrected chi connectivity index (χ2v) is 9.26. The van der Waals surface area contributed by atoms with E-state index in [9.17, 15) is 19.8 Å². The first-order chi connectivity index (χ1) is 18.1. The van der Waals surface area contributed by atoms with Gasteiger partial charge < -0.3 is 24.4 Å². The molecule has 1 unspecified atom stereocenters. The third-order valence-corrected chi connectivity index (χ3v) is 6.91. The number of amides is 1. The molecule has 8 nitrogen and oxygen atoms in total. The third kappa shape index (κ3) is 4.73. The number of carbonyl (C=O) groups excluding carboxylic acids is 2. The molecule has 10 heteroatoms. The van der Waals surface area contributed by atoms with Crippen LogP contribution in [0.15, 0.2) is 54.1 Å². The Labute approximate surface area is 229 Å². The molecule has 38 heavy (non-hydrogen) atoms. The molecule has 1 fully saturated rings. The van der Waals surface area contributed by atoms with Gasteiger partial charge in [0.05, 0.1) is 43.0 Å². The SMILES string of the molecule is CCOc1cc(C2/C(=C(\O)c3cc(Cl)c(OC)cc3OC)C(=O)C(=O)N2c2ccc(C)c(Cl)c2)ccc1O. The zero-order valence-electron chi connectivity index (χ0n) is 21.0. The van der Waals surface area contributed by atoms with Crippen LogP contribution in [-0.4, -0.2) is 42.7 Å². The number of aromatic hydroxyl groups is 1. The summed E-state index contributed by atoms with van der Waals surface area (Å²) in [4.78, 5) is 28.2. The van der Waals surface area contributed by atoms with Crippen LogP contribution in [0.25, 0.3) is 5.76 Å². The van der Waals surface area contributed by atoms with Gasteiger partial charge in [0.15, 0.2) is 11.5 Å². The van der Waals surface area contributed by atoms with E-state index in [0.29, 0.717) is 22.0 Å². The maximum atomic E-state index is 13.5. The fourth-order valence-corrected chi connectivity index (χ4v) is 4.72. The molecule has 3 aromatic rings. The number of phenolic OH excluding ortho intramolecular Hbond substituents is 1. The standard InChI is InChI=1S/C28H25Cl2NO7/c1-5-38-23-10-15(7-9-20(23)32)25-24(26(33)17-12-19(30)22(37-4)13-21(17)36-3)27(34)28(35)31(25)16-8-6-14(2)18(29)11-16/h6-13,25,32-33H,5H2,1-4H3/b26-24+. The Balaban J connectivity index is 2.02. The lowest BCUT2D eigenvalue weighted by atomic mass is 9.94. The number of rotatable bonds is 7. The second-order valence-electron chi connectivity index (χ2n) is 8.45. The molecule has 0 radical (unpaired) electrons. The van der Waals surface area contributed by atoms with Crippen molar-refractivity contribution in [2.45, 2.75) is 19.9 Å². The highest BCUT2D eigenvalue weighted by Crippen LogP contribution is 2.46. The average molecular weight is 558 g/mol. The predicted molar refractivity (Wildman–Crippen MR) is 145 cm³/mol. The van der Waals surface area contributed by atoms with Gasteiger partial charge in [-0.2, -0.15) is 0 Å². The van der Waals surface area contributed by atoms with Crippen LogP contribution in [-0.2, 0) is 9.59 Å². The monoisotopic (exact) mass is 557 g/mol. The van der Waals surface area contributed by atoms with Crippen LogP contribution >= 0.6 is 23.2 Å². The number of benzene rings is 3. The van der Waals surface area contributed by atoms with E-state index in [4.69, 9.17) is 37.4 Å². The van der Waals surface area contributed by atoms with E-state index < -0.39 is 23.5 Å². The Hall–Kier alpha value is -3.88. The normalized spacial score (nSPS) is 16.6. The van der Waals surface area contributed by atoms with Gasteiger partial charge in [0.25, 0.3) is 11.7 Å². The van der Waals surface area contributed by atoms with Crippen LogP contribution in [0, 0.1) is 6.92 Å². The Morgan fingerprint density at radius 1 is 0.947 bits per heavy atom. The third-order valence-electron chi connectivity index (χ3n) is 6.21. The van der Waals surface area contributed by atoms with E-state index in [1.165, 1.54) is 43.4 Å². The summed E-state index contributed by atoms with van der Waals surface area (Å²) in [7, 11) is 2.82. The Bertz CT molecular complexity index is 1470. The van der Waals surface area contributed by atoms with E-state index in [0.717, 1.165) is 5.56 Å². The van der Waals surface area contributed by atoms with Gasteiger partial charge in [-0.15, -0.1) is 0 Å². The number of Topliss-reactive ketones (excluding diaryl/α,β-unsaturated/α-hetero) is 1. The fourth-order valence-electron chi connectivity index (χ4n) is 4.31. The minimum Gasteiger partial charge on any atom is -0.507 e. The summed E-state index contributed by atoms with van der Waals surface area (Å²) in [5, 5.41) is 22.4. The molecule has 0 saturated carbocycles. The molecule has 1 aliphatic rings. The van der Waals surface area contributed by atoms with E-state index >= 15 is 0 Å². The van der Waals surface area contributed by atoms with Gasteiger partial charge in [0.2, 0.25) is 0 Å². The molecule has 3 aromatic carbocycles. The zero-order valence-corrected chi connectivity index (χ0v) is 22.6. The summed E-state index contributed by atoms with van der Waals surface area (Å²) in [6.07, 6.45) is 0. The molecule has 0 aromatic heterocycles. The molecular weight excluding hydrogens is 533 g/mol. The topological polar surface area (TPSA) is 106 Å². The molecule has 4 rings (SSSR count). The maximum Gasteiger partial charge on any atom is 0.300 e. The molecule has 0 aliphatic carbocycles.